The number of hydrazine groups is 1. The summed E-state index contributed by atoms with van der Waals surface area (Å²) in [7, 11) is 1.69. The zero-order chi connectivity index (χ0) is 11.8. The van der Waals surface area contributed by atoms with E-state index >= 15 is 0 Å². The smallest absolute Gasteiger partial charge is 0.234 e. The number of amides is 1. The van der Waals surface area contributed by atoms with Crippen LogP contribution in [0, 0.1) is 0 Å². The molecule has 0 bridgehead atoms. The fourth-order valence-corrected chi connectivity index (χ4v) is 1.99. The molecule has 1 aromatic rings. The van der Waals surface area contributed by atoms with Gasteiger partial charge in [0.2, 0.25) is 5.91 Å². The van der Waals surface area contributed by atoms with Crippen LogP contribution in [-0.2, 0) is 11.2 Å². The van der Waals surface area contributed by atoms with Gasteiger partial charge in [-0.1, -0.05) is 34.1 Å². The minimum absolute atomic E-state index is 0.0506. The molecule has 16 heavy (non-hydrogen) atoms. The van der Waals surface area contributed by atoms with Crippen LogP contribution in [0.3, 0.4) is 0 Å². The third-order valence-corrected chi connectivity index (χ3v) is 3.10. The average molecular weight is 285 g/mol. The minimum Gasteiger partial charge on any atom is -0.292 e. The lowest BCUT2D eigenvalue weighted by Crippen LogP contribution is -2.33. The summed E-state index contributed by atoms with van der Waals surface area (Å²) in [6.07, 6.45) is 3.52. The first-order valence-electron chi connectivity index (χ1n) is 5.43. The fraction of sp³-hybridized carbons (Fsp3) is 0.417. The highest BCUT2D eigenvalue weighted by atomic mass is 79.9. The first-order chi connectivity index (χ1) is 7.74. The maximum atomic E-state index is 11.1. The van der Waals surface area contributed by atoms with Crippen molar-refractivity contribution in [2.45, 2.75) is 25.7 Å². The molecule has 0 aliphatic carbocycles. The van der Waals surface area contributed by atoms with Gasteiger partial charge in [0, 0.05) is 17.9 Å². The Morgan fingerprint density at radius 3 is 2.75 bits per heavy atom. The van der Waals surface area contributed by atoms with Crippen molar-refractivity contribution in [1.29, 1.82) is 0 Å². The van der Waals surface area contributed by atoms with E-state index in [1.165, 1.54) is 5.56 Å². The molecule has 0 aliphatic rings. The maximum Gasteiger partial charge on any atom is 0.234 e. The molecule has 1 rings (SSSR count). The Morgan fingerprint density at radius 1 is 1.31 bits per heavy atom. The first-order valence-corrected chi connectivity index (χ1v) is 6.22. The molecule has 88 valence electrons. The van der Waals surface area contributed by atoms with Crippen LogP contribution < -0.4 is 10.9 Å². The minimum atomic E-state index is 0.0506. The van der Waals surface area contributed by atoms with Crippen molar-refractivity contribution in [3.05, 3.63) is 34.3 Å². The molecule has 0 saturated heterocycles. The SMILES string of the molecule is CNNC(=O)CCCCc1ccccc1Br. The van der Waals surface area contributed by atoms with E-state index in [0.717, 1.165) is 23.7 Å². The summed E-state index contributed by atoms with van der Waals surface area (Å²) in [6.45, 7) is 0. The van der Waals surface area contributed by atoms with Crippen LogP contribution in [0.1, 0.15) is 24.8 Å². The zero-order valence-electron chi connectivity index (χ0n) is 9.42. The topological polar surface area (TPSA) is 41.1 Å². The van der Waals surface area contributed by atoms with Crippen molar-refractivity contribution in [3.63, 3.8) is 0 Å². The number of aryl methyl sites for hydroxylation is 1. The normalized spacial score (nSPS) is 10.1. The highest BCUT2D eigenvalue weighted by Gasteiger charge is 2.01. The number of halogens is 1. The van der Waals surface area contributed by atoms with E-state index in [4.69, 9.17) is 0 Å². The van der Waals surface area contributed by atoms with Gasteiger partial charge in [-0.25, -0.2) is 5.43 Å². The molecule has 0 aromatic heterocycles. The third-order valence-electron chi connectivity index (χ3n) is 2.32. The zero-order valence-corrected chi connectivity index (χ0v) is 11.0. The Bertz CT molecular complexity index is 342. The van der Waals surface area contributed by atoms with Gasteiger partial charge in [0.15, 0.2) is 0 Å². The van der Waals surface area contributed by atoms with Gasteiger partial charge in [0.1, 0.15) is 0 Å². The Hall–Kier alpha value is -0.870. The highest BCUT2D eigenvalue weighted by Crippen LogP contribution is 2.18. The van der Waals surface area contributed by atoms with Crippen LogP contribution in [0.2, 0.25) is 0 Å². The summed E-state index contributed by atoms with van der Waals surface area (Å²) in [6, 6.07) is 8.20. The molecule has 0 spiro atoms. The van der Waals surface area contributed by atoms with Crippen LogP contribution in [0.25, 0.3) is 0 Å². The number of hydrogen-bond acceptors (Lipinski definition) is 2. The van der Waals surface area contributed by atoms with Crippen molar-refractivity contribution in [2.24, 2.45) is 0 Å². The molecule has 0 atom stereocenters. The Kier molecular flexibility index (Phi) is 6.11. The third kappa shape index (κ3) is 4.77. The molecule has 0 heterocycles. The van der Waals surface area contributed by atoms with Gasteiger partial charge in [0.25, 0.3) is 0 Å². The van der Waals surface area contributed by atoms with Crippen molar-refractivity contribution in [2.75, 3.05) is 7.05 Å². The van der Waals surface area contributed by atoms with Crippen LogP contribution in [0.15, 0.2) is 28.7 Å². The summed E-state index contributed by atoms with van der Waals surface area (Å²) in [4.78, 5) is 11.1. The molecular formula is C12H17BrN2O. The molecule has 0 aliphatic heterocycles. The number of hydrogen-bond donors (Lipinski definition) is 2. The fourth-order valence-electron chi connectivity index (χ4n) is 1.50. The molecule has 0 fully saturated rings. The number of carbonyl (C=O) groups excluding carboxylic acids is 1. The molecule has 1 amide bonds. The van der Waals surface area contributed by atoms with E-state index < -0.39 is 0 Å². The van der Waals surface area contributed by atoms with Crippen LogP contribution in [0.4, 0.5) is 0 Å². The summed E-state index contributed by atoms with van der Waals surface area (Å²) in [5, 5.41) is 0. The first kappa shape index (κ1) is 13.2. The maximum absolute atomic E-state index is 11.1. The average Bonchev–Trinajstić information content (AvgIpc) is 2.27. The lowest BCUT2D eigenvalue weighted by atomic mass is 10.1. The molecule has 0 unspecified atom stereocenters. The van der Waals surface area contributed by atoms with E-state index in [1.54, 1.807) is 7.05 Å². The molecule has 3 nitrogen and oxygen atoms in total. The Morgan fingerprint density at radius 2 is 2.06 bits per heavy atom. The molecule has 4 heteroatoms. The van der Waals surface area contributed by atoms with Crippen LogP contribution in [0.5, 0.6) is 0 Å². The second-order valence-electron chi connectivity index (χ2n) is 3.60. The van der Waals surface area contributed by atoms with E-state index in [2.05, 4.69) is 32.8 Å². The van der Waals surface area contributed by atoms with Gasteiger partial charge in [-0.15, -0.1) is 0 Å². The predicted molar refractivity (Wildman–Crippen MR) is 68.9 cm³/mol. The lowest BCUT2D eigenvalue weighted by molar-refractivity contribution is -0.122. The molecule has 0 radical (unpaired) electrons. The number of rotatable bonds is 6. The summed E-state index contributed by atoms with van der Waals surface area (Å²) < 4.78 is 1.15. The molecule has 0 saturated carbocycles. The highest BCUT2D eigenvalue weighted by molar-refractivity contribution is 9.10. The summed E-state index contributed by atoms with van der Waals surface area (Å²) in [5.74, 6) is 0.0506. The second-order valence-corrected chi connectivity index (χ2v) is 4.45. The van der Waals surface area contributed by atoms with Gasteiger partial charge in [-0.05, 0) is 30.9 Å². The van der Waals surface area contributed by atoms with E-state index in [-0.39, 0.29) is 5.91 Å². The van der Waals surface area contributed by atoms with Crippen molar-refractivity contribution >= 4 is 21.8 Å². The van der Waals surface area contributed by atoms with Gasteiger partial charge in [-0.3, -0.25) is 10.2 Å². The Labute approximate surface area is 105 Å². The van der Waals surface area contributed by atoms with Gasteiger partial charge >= 0.3 is 0 Å². The molecular weight excluding hydrogens is 268 g/mol. The Balaban J connectivity index is 2.21. The van der Waals surface area contributed by atoms with Crippen molar-refractivity contribution < 1.29 is 4.79 Å². The van der Waals surface area contributed by atoms with E-state index in [9.17, 15) is 4.79 Å². The monoisotopic (exact) mass is 284 g/mol. The lowest BCUT2D eigenvalue weighted by Gasteiger charge is -2.04. The van der Waals surface area contributed by atoms with Crippen molar-refractivity contribution in [1.82, 2.24) is 10.9 Å². The number of carbonyl (C=O) groups is 1. The quantitative estimate of drug-likeness (QED) is 0.622. The van der Waals surface area contributed by atoms with Gasteiger partial charge < -0.3 is 0 Å². The standard InChI is InChI=1S/C12H17BrN2O/c1-14-15-12(16)9-5-3-7-10-6-2-4-8-11(10)13/h2,4,6,8,14H,3,5,7,9H2,1H3,(H,15,16). The second kappa shape index (κ2) is 7.41. The predicted octanol–water partition coefficient (Wildman–Crippen LogP) is 2.41. The van der Waals surface area contributed by atoms with Crippen molar-refractivity contribution in [3.8, 4) is 0 Å². The number of benzene rings is 1. The van der Waals surface area contributed by atoms with E-state index in [0.29, 0.717) is 6.42 Å². The number of nitrogens with one attached hydrogen (secondary N) is 2. The van der Waals surface area contributed by atoms with Gasteiger partial charge in [0.05, 0.1) is 0 Å². The van der Waals surface area contributed by atoms with E-state index in [1.807, 2.05) is 18.2 Å². The molecule has 2 N–H and O–H groups in total. The largest absolute Gasteiger partial charge is 0.292 e. The summed E-state index contributed by atoms with van der Waals surface area (Å²) >= 11 is 3.51. The number of unbranched alkanes of at least 4 members (excludes halogenated alkanes) is 1. The van der Waals surface area contributed by atoms with Crippen LogP contribution in [-0.4, -0.2) is 13.0 Å². The van der Waals surface area contributed by atoms with Crippen LogP contribution >= 0.6 is 15.9 Å². The molecule has 1 aromatic carbocycles. The summed E-state index contributed by atoms with van der Waals surface area (Å²) in [5.41, 5.74) is 6.49. The van der Waals surface area contributed by atoms with Gasteiger partial charge in [-0.2, -0.15) is 0 Å².